The van der Waals surface area contributed by atoms with Gasteiger partial charge in [-0.3, -0.25) is 4.79 Å². The van der Waals surface area contributed by atoms with Crippen molar-refractivity contribution in [2.75, 3.05) is 6.61 Å². The highest BCUT2D eigenvalue weighted by molar-refractivity contribution is 7.10. The van der Waals surface area contributed by atoms with Gasteiger partial charge < -0.3 is 10.1 Å². The van der Waals surface area contributed by atoms with Crippen molar-refractivity contribution in [1.29, 1.82) is 0 Å². The summed E-state index contributed by atoms with van der Waals surface area (Å²) >= 11 is 1.52. The normalized spacial score (nSPS) is 10.5. The summed E-state index contributed by atoms with van der Waals surface area (Å²) < 4.78 is 5.42. The lowest BCUT2D eigenvalue weighted by Gasteiger charge is -2.06. The predicted molar refractivity (Wildman–Crippen MR) is 105 cm³/mol. The third kappa shape index (κ3) is 4.92. The molecule has 3 aromatic rings. The molecule has 0 aliphatic rings. The van der Waals surface area contributed by atoms with Crippen LogP contribution in [0.2, 0.25) is 0 Å². The molecule has 1 heterocycles. The maximum atomic E-state index is 12.2. The number of hydrogen-bond donors (Lipinski definition) is 1. The van der Waals surface area contributed by atoms with Gasteiger partial charge >= 0.3 is 0 Å². The molecule has 1 N–H and O–H groups in total. The van der Waals surface area contributed by atoms with Crippen LogP contribution in [0.4, 0.5) is 0 Å². The number of benzene rings is 2. The Bertz CT molecular complexity index is 854. The quantitative estimate of drug-likeness (QED) is 0.675. The molecular weight excluding hydrogens is 344 g/mol. The molecule has 0 aliphatic heterocycles. The van der Waals surface area contributed by atoms with Gasteiger partial charge in [0.05, 0.1) is 18.7 Å². The van der Waals surface area contributed by atoms with Crippen molar-refractivity contribution in [2.24, 2.45) is 0 Å². The number of aromatic nitrogens is 1. The van der Waals surface area contributed by atoms with Crippen molar-refractivity contribution >= 4 is 17.2 Å². The summed E-state index contributed by atoms with van der Waals surface area (Å²) in [6, 6.07) is 16.0. The lowest BCUT2D eigenvalue weighted by Crippen LogP contribution is -2.24. The SMILES string of the molecule is CCOc1ccc(CNC(=O)Cc2nc(-c3ccc(C)cc3)cs2)cc1. The van der Waals surface area contributed by atoms with Gasteiger partial charge in [-0.1, -0.05) is 42.0 Å². The maximum absolute atomic E-state index is 12.2. The minimum absolute atomic E-state index is 0.0244. The minimum atomic E-state index is -0.0244. The molecule has 3 rings (SSSR count). The number of ether oxygens (including phenoxy) is 1. The van der Waals surface area contributed by atoms with Crippen molar-refractivity contribution in [2.45, 2.75) is 26.8 Å². The Hall–Kier alpha value is -2.66. The number of carbonyl (C=O) groups is 1. The Morgan fingerprint density at radius 2 is 1.85 bits per heavy atom. The molecule has 0 unspecified atom stereocenters. The van der Waals surface area contributed by atoms with Crippen LogP contribution < -0.4 is 10.1 Å². The van der Waals surface area contributed by atoms with E-state index in [1.807, 2.05) is 36.6 Å². The first-order valence-electron chi connectivity index (χ1n) is 8.64. The van der Waals surface area contributed by atoms with Crippen LogP contribution in [-0.2, 0) is 17.8 Å². The third-order valence-electron chi connectivity index (χ3n) is 3.93. The molecule has 5 heteroatoms. The van der Waals surface area contributed by atoms with E-state index in [4.69, 9.17) is 4.74 Å². The van der Waals surface area contributed by atoms with Gasteiger partial charge in [0, 0.05) is 17.5 Å². The van der Waals surface area contributed by atoms with Crippen molar-refractivity contribution in [3.05, 3.63) is 70.0 Å². The van der Waals surface area contributed by atoms with Crippen molar-refractivity contribution < 1.29 is 9.53 Å². The van der Waals surface area contributed by atoms with Crippen molar-refractivity contribution in [1.82, 2.24) is 10.3 Å². The summed E-state index contributed by atoms with van der Waals surface area (Å²) in [4.78, 5) is 16.8. The summed E-state index contributed by atoms with van der Waals surface area (Å²) in [5.41, 5.74) is 4.26. The van der Waals surface area contributed by atoms with E-state index in [9.17, 15) is 4.79 Å². The first kappa shape index (κ1) is 18.1. The van der Waals surface area contributed by atoms with Crippen LogP contribution in [-0.4, -0.2) is 17.5 Å². The molecule has 1 amide bonds. The molecule has 0 saturated heterocycles. The Morgan fingerprint density at radius 1 is 1.12 bits per heavy atom. The topological polar surface area (TPSA) is 51.2 Å². The number of nitrogens with one attached hydrogen (secondary N) is 1. The number of nitrogens with zero attached hydrogens (tertiary/aromatic N) is 1. The molecule has 0 fully saturated rings. The second-order valence-electron chi connectivity index (χ2n) is 6.02. The number of rotatable bonds is 7. The zero-order chi connectivity index (χ0) is 18.4. The van der Waals surface area contributed by atoms with Crippen LogP contribution in [0.15, 0.2) is 53.9 Å². The van der Waals surface area contributed by atoms with E-state index in [1.165, 1.54) is 16.9 Å². The minimum Gasteiger partial charge on any atom is -0.494 e. The number of aryl methyl sites for hydroxylation is 1. The van der Waals surface area contributed by atoms with Gasteiger partial charge in [-0.15, -0.1) is 11.3 Å². The fourth-order valence-electron chi connectivity index (χ4n) is 2.52. The van der Waals surface area contributed by atoms with Crippen LogP contribution >= 0.6 is 11.3 Å². The molecule has 0 atom stereocenters. The van der Waals surface area contributed by atoms with Gasteiger partial charge in [-0.2, -0.15) is 0 Å². The van der Waals surface area contributed by atoms with E-state index in [-0.39, 0.29) is 5.91 Å². The summed E-state index contributed by atoms with van der Waals surface area (Å²) in [6.07, 6.45) is 0.299. The summed E-state index contributed by atoms with van der Waals surface area (Å²) in [5.74, 6) is 0.817. The van der Waals surface area contributed by atoms with Gasteiger partial charge in [0.1, 0.15) is 10.8 Å². The fraction of sp³-hybridized carbons (Fsp3) is 0.238. The Balaban J connectivity index is 1.52. The zero-order valence-electron chi connectivity index (χ0n) is 15.0. The summed E-state index contributed by atoms with van der Waals surface area (Å²) in [5, 5.41) is 5.77. The van der Waals surface area contributed by atoms with E-state index in [0.717, 1.165) is 27.6 Å². The average Bonchev–Trinajstić information content (AvgIpc) is 3.10. The van der Waals surface area contributed by atoms with E-state index < -0.39 is 0 Å². The Morgan fingerprint density at radius 3 is 2.54 bits per heavy atom. The molecule has 2 aromatic carbocycles. The second kappa shape index (κ2) is 8.63. The van der Waals surface area contributed by atoms with Crippen LogP contribution in [0.3, 0.4) is 0 Å². The van der Waals surface area contributed by atoms with Gasteiger partial charge in [-0.25, -0.2) is 4.98 Å². The maximum Gasteiger partial charge on any atom is 0.227 e. The standard InChI is InChI=1S/C21H22N2O2S/c1-3-25-18-10-6-16(7-11-18)13-22-20(24)12-21-23-19(14-26-21)17-8-4-15(2)5-9-17/h4-11,14H,3,12-13H2,1-2H3,(H,22,24). The van der Waals surface area contributed by atoms with Crippen molar-refractivity contribution in [3.63, 3.8) is 0 Å². The molecule has 26 heavy (non-hydrogen) atoms. The molecular formula is C21H22N2O2S. The van der Waals surface area contributed by atoms with Gasteiger partial charge in [-0.05, 0) is 31.5 Å². The van der Waals surface area contributed by atoms with Gasteiger partial charge in [0.15, 0.2) is 0 Å². The van der Waals surface area contributed by atoms with Gasteiger partial charge in [0.25, 0.3) is 0 Å². The molecule has 0 aliphatic carbocycles. The molecule has 4 nitrogen and oxygen atoms in total. The van der Waals surface area contributed by atoms with E-state index >= 15 is 0 Å². The molecule has 0 bridgehead atoms. The van der Waals surface area contributed by atoms with Crippen LogP contribution in [0.25, 0.3) is 11.3 Å². The van der Waals surface area contributed by atoms with Crippen LogP contribution in [0, 0.1) is 6.92 Å². The monoisotopic (exact) mass is 366 g/mol. The van der Waals surface area contributed by atoms with Crippen molar-refractivity contribution in [3.8, 4) is 17.0 Å². The smallest absolute Gasteiger partial charge is 0.227 e. The molecule has 0 saturated carbocycles. The van der Waals surface area contributed by atoms with E-state index in [2.05, 4.69) is 41.5 Å². The highest BCUT2D eigenvalue weighted by Crippen LogP contribution is 2.22. The zero-order valence-corrected chi connectivity index (χ0v) is 15.8. The lowest BCUT2D eigenvalue weighted by atomic mass is 10.1. The molecule has 0 radical (unpaired) electrons. The van der Waals surface area contributed by atoms with E-state index in [1.54, 1.807) is 0 Å². The number of hydrogen-bond acceptors (Lipinski definition) is 4. The number of thiazole rings is 1. The molecule has 0 spiro atoms. The van der Waals surface area contributed by atoms with Crippen LogP contribution in [0.5, 0.6) is 5.75 Å². The van der Waals surface area contributed by atoms with Crippen LogP contribution in [0.1, 0.15) is 23.1 Å². The fourth-order valence-corrected chi connectivity index (χ4v) is 3.32. The highest BCUT2D eigenvalue weighted by atomic mass is 32.1. The first-order valence-corrected chi connectivity index (χ1v) is 9.52. The van der Waals surface area contributed by atoms with E-state index in [0.29, 0.717) is 19.6 Å². The second-order valence-corrected chi connectivity index (χ2v) is 6.97. The Kier molecular flexibility index (Phi) is 6.02. The molecule has 134 valence electrons. The largest absolute Gasteiger partial charge is 0.494 e. The summed E-state index contributed by atoms with van der Waals surface area (Å²) in [7, 11) is 0. The number of amides is 1. The first-order chi connectivity index (χ1) is 12.6. The summed E-state index contributed by atoms with van der Waals surface area (Å²) in [6.45, 7) is 5.16. The van der Waals surface area contributed by atoms with Gasteiger partial charge in [0.2, 0.25) is 5.91 Å². The third-order valence-corrected chi connectivity index (χ3v) is 4.78. The highest BCUT2D eigenvalue weighted by Gasteiger charge is 2.09. The molecule has 1 aromatic heterocycles. The average molecular weight is 366 g/mol. The lowest BCUT2D eigenvalue weighted by molar-refractivity contribution is -0.120. The number of carbonyl (C=O) groups excluding carboxylic acids is 1. The Labute approximate surface area is 157 Å². The predicted octanol–water partition coefficient (Wildman–Crippen LogP) is 4.38.